The van der Waals surface area contributed by atoms with Gasteiger partial charge in [-0.2, -0.15) is 0 Å². The largest absolute Gasteiger partial charge is 0.378 e. The van der Waals surface area contributed by atoms with Crippen LogP contribution in [0, 0.1) is 13.8 Å². The quantitative estimate of drug-likeness (QED) is 0.316. The number of rotatable bonds is 3. The van der Waals surface area contributed by atoms with Crippen molar-refractivity contribution in [3.8, 4) is 5.00 Å². The summed E-state index contributed by atoms with van der Waals surface area (Å²) in [5.41, 5.74) is 9.41. The highest BCUT2D eigenvalue weighted by Gasteiger charge is 2.36. The number of fused-ring (bicyclic) bond motifs is 5. The van der Waals surface area contributed by atoms with Crippen molar-refractivity contribution in [3.63, 3.8) is 0 Å². The van der Waals surface area contributed by atoms with E-state index in [0.29, 0.717) is 6.54 Å². The normalized spacial score (nSPS) is 16.4. The van der Waals surface area contributed by atoms with E-state index in [9.17, 15) is 4.79 Å². The SMILES string of the molecule is Cc1ccc(NC(=O)N2Cc3c(sc4c3CCCC4)-n3cccc3[C@H]2c2ccc(N(C)C)cc2)cc1C. The van der Waals surface area contributed by atoms with Crippen LogP contribution in [0.5, 0.6) is 0 Å². The minimum Gasteiger partial charge on any atom is -0.378 e. The van der Waals surface area contributed by atoms with Crippen molar-refractivity contribution in [1.82, 2.24) is 9.47 Å². The van der Waals surface area contributed by atoms with Crippen LogP contribution in [0.1, 0.15) is 57.3 Å². The first-order valence-electron chi connectivity index (χ1n) is 13.1. The first-order valence-corrected chi connectivity index (χ1v) is 14.0. The molecule has 2 amide bonds. The third-order valence-corrected chi connectivity index (χ3v) is 9.26. The molecule has 1 atom stereocenters. The second-order valence-electron chi connectivity index (χ2n) is 10.5. The smallest absolute Gasteiger partial charge is 0.322 e. The lowest BCUT2D eigenvalue weighted by Crippen LogP contribution is -2.38. The van der Waals surface area contributed by atoms with Crippen LogP contribution in [0.2, 0.25) is 0 Å². The van der Waals surface area contributed by atoms with Crippen LogP contribution in [0.4, 0.5) is 16.2 Å². The van der Waals surface area contributed by atoms with E-state index in [1.54, 1.807) is 0 Å². The van der Waals surface area contributed by atoms with E-state index < -0.39 is 0 Å². The van der Waals surface area contributed by atoms with Gasteiger partial charge in [-0.3, -0.25) is 0 Å². The molecule has 3 heterocycles. The molecule has 0 fully saturated rings. The summed E-state index contributed by atoms with van der Waals surface area (Å²) in [5, 5.41) is 4.52. The van der Waals surface area contributed by atoms with Crippen molar-refractivity contribution >= 4 is 28.7 Å². The van der Waals surface area contributed by atoms with Gasteiger partial charge in [-0.1, -0.05) is 18.2 Å². The third-order valence-electron chi connectivity index (χ3n) is 7.92. The van der Waals surface area contributed by atoms with Gasteiger partial charge >= 0.3 is 6.03 Å². The average molecular weight is 511 g/mol. The Balaban J connectivity index is 1.47. The summed E-state index contributed by atoms with van der Waals surface area (Å²) >= 11 is 1.92. The zero-order valence-corrected chi connectivity index (χ0v) is 22.9. The van der Waals surface area contributed by atoms with Crippen LogP contribution < -0.4 is 10.2 Å². The number of nitrogens with zero attached hydrogens (tertiary/aromatic N) is 3. The standard InChI is InChI=1S/C31H34N4OS/c1-20-11-14-23(18-21(20)2)32-31(36)35-19-26-25-8-5-6-10-28(25)37-30(26)34-17-7-9-27(34)29(35)22-12-15-24(16-13-22)33(3)4/h7,9,11-18,29H,5-6,8,10,19H2,1-4H3,(H,32,36)/t29-/m1/s1. The molecule has 0 saturated heterocycles. The molecule has 1 aliphatic heterocycles. The summed E-state index contributed by atoms with van der Waals surface area (Å²) in [6.07, 6.45) is 6.89. The molecule has 37 heavy (non-hydrogen) atoms. The number of aromatic nitrogens is 1. The Morgan fingerprint density at radius 2 is 1.76 bits per heavy atom. The Labute approximate surface area is 223 Å². The van der Waals surface area contributed by atoms with Gasteiger partial charge < -0.3 is 19.7 Å². The highest BCUT2D eigenvalue weighted by Crippen LogP contribution is 2.44. The molecule has 6 rings (SSSR count). The molecular formula is C31H34N4OS. The minimum absolute atomic E-state index is 0.0682. The number of hydrogen-bond acceptors (Lipinski definition) is 3. The molecule has 2 aliphatic rings. The fourth-order valence-corrected chi connectivity index (χ4v) is 7.11. The van der Waals surface area contributed by atoms with Gasteiger partial charge in [-0.15, -0.1) is 11.3 Å². The van der Waals surface area contributed by atoms with Gasteiger partial charge in [0.15, 0.2) is 0 Å². The second-order valence-corrected chi connectivity index (χ2v) is 11.6. The fraction of sp³-hybridized carbons (Fsp3) is 0.323. The predicted molar refractivity (Wildman–Crippen MR) is 153 cm³/mol. The van der Waals surface area contributed by atoms with E-state index in [1.807, 2.05) is 22.3 Å². The summed E-state index contributed by atoms with van der Waals surface area (Å²) in [7, 11) is 4.10. The highest BCUT2D eigenvalue weighted by atomic mass is 32.1. The summed E-state index contributed by atoms with van der Waals surface area (Å²) in [4.78, 5) is 19.8. The van der Waals surface area contributed by atoms with Gasteiger partial charge in [-0.25, -0.2) is 4.79 Å². The van der Waals surface area contributed by atoms with Gasteiger partial charge in [0.2, 0.25) is 0 Å². The predicted octanol–water partition coefficient (Wildman–Crippen LogP) is 7.24. The number of amides is 2. The Bertz CT molecular complexity index is 1460. The Hall–Kier alpha value is -3.51. The second kappa shape index (κ2) is 9.42. The maximum absolute atomic E-state index is 14.1. The molecule has 1 aliphatic carbocycles. The molecule has 2 aromatic heterocycles. The molecule has 0 spiro atoms. The number of hydrogen-bond donors (Lipinski definition) is 1. The Morgan fingerprint density at radius 1 is 0.973 bits per heavy atom. The highest BCUT2D eigenvalue weighted by molar-refractivity contribution is 7.15. The first kappa shape index (κ1) is 23.9. The van der Waals surface area contributed by atoms with Gasteiger partial charge in [0.05, 0.1) is 18.3 Å². The number of urea groups is 1. The van der Waals surface area contributed by atoms with Gasteiger partial charge in [0.25, 0.3) is 0 Å². The number of thiophene rings is 1. The lowest BCUT2D eigenvalue weighted by atomic mass is 9.95. The summed E-state index contributed by atoms with van der Waals surface area (Å²) < 4.78 is 2.34. The topological polar surface area (TPSA) is 40.5 Å². The van der Waals surface area contributed by atoms with Crippen molar-refractivity contribution < 1.29 is 4.79 Å². The molecule has 0 unspecified atom stereocenters. The number of nitrogens with one attached hydrogen (secondary N) is 1. The average Bonchev–Trinajstić information content (AvgIpc) is 3.48. The molecule has 4 aromatic rings. The van der Waals surface area contributed by atoms with E-state index in [4.69, 9.17) is 0 Å². The number of benzene rings is 2. The van der Waals surface area contributed by atoms with Crippen molar-refractivity contribution in [3.05, 3.63) is 99.2 Å². The van der Waals surface area contributed by atoms with Crippen LogP contribution in [-0.2, 0) is 19.4 Å². The Kier molecular flexibility index (Phi) is 6.07. The molecule has 5 nitrogen and oxygen atoms in total. The fourth-order valence-electron chi connectivity index (χ4n) is 5.71. The van der Waals surface area contributed by atoms with Gasteiger partial charge in [-0.05, 0) is 98.2 Å². The van der Waals surface area contributed by atoms with Crippen molar-refractivity contribution in [2.75, 3.05) is 24.3 Å². The molecule has 6 heteroatoms. The van der Waals surface area contributed by atoms with Crippen molar-refractivity contribution in [1.29, 1.82) is 0 Å². The monoisotopic (exact) mass is 510 g/mol. The van der Waals surface area contributed by atoms with E-state index in [-0.39, 0.29) is 12.1 Å². The molecular weight excluding hydrogens is 476 g/mol. The molecule has 1 N–H and O–H groups in total. The van der Waals surface area contributed by atoms with Crippen LogP contribution in [0.3, 0.4) is 0 Å². The van der Waals surface area contributed by atoms with Gasteiger partial charge in [0.1, 0.15) is 5.00 Å². The first-order chi connectivity index (χ1) is 17.9. The molecule has 0 bridgehead atoms. The Morgan fingerprint density at radius 3 is 2.51 bits per heavy atom. The van der Waals surface area contributed by atoms with Crippen LogP contribution in [0.25, 0.3) is 5.00 Å². The molecule has 190 valence electrons. The van der Waals surface area contributed by atoms with E-state index in [2.05, 4.69) is 97.5 Å². The van der Waals surface area contributed by atoms with Crippen LogP contribution in [0.15, 0.2) is 60.8 Å². The molecule has 0 saturated carbocycles. The third kappa shape index (κ3) is 4.23. The summed E-state index contributed by atoms with van der Waals surface area (Å²) in [6.45, 7) is 4.78. The lowest BCUT2D eigenvalue weighted by Gasteiger charge is -2.32. The molecule has 0 radical (unpaired) electrons. The number of aryl methyl sites for hydroxylation is 3. The summed E-state index contributed by atoms with van der Waals surface area (Å²) in [6, 6.07) is 18.8. The molecule has 2 aromatic carbocycles. The van der Waals surface area contributed by atoms with E-state index in [0.717, 1.165) is 35.5 Å². The number of anilines is 2. The number of carbonyl (C=O) groups is 1. The van der Waals surface area contributed by atoms with Gasteiger partial charge in [0, 0.05) is 42.1 Å². The zero-order valence-electron chi connectivity index (χ0n) is 22.0. The maximum Gasteiger partial charge on any atom is 0.322 e. The zero-order chi connectivity index (χ0) is 25.7. The minimum atomic E-state index is -0.198. The summed E-state index contributed by atoms with van der Waals surface area (Å²) in [5.74, 6) is 0. The van der Waals surface area contributed by atoms with Crippen molar-refractivity contribution in [2.24, 2.45) is 0 Å². The number of carbonyl (C=O) groups excluding carboxylic acids is 1. The van der Waals surface area contributed by atoms with Crippen molar-refractivity contribution in [2.45, 2.75) is 52.1 Å². The van der Waals surface area contributed by atoms with Crippen LogP contribution in [-0.4, -0.2) is 29.6 Å². The van der Waals surface area contributed by atoms with Crippen LogP contribution >= 0.6 is 11.3 Å². The van der Waals surface area contributed by atoms with E-state index >= 15 is 0 Å². The lowest BCUT2D eigenvalue weighted by molar-refractivity contribution is 0.194. The van der Waals surface area contributed by atoms with E-state index in [1.165, 1.54) is 45.0 Å². The maximum atomic E-state index is 14.1.